The number of hydrogen-bond acceptors (Lipinski definition) is 5. The molecule has 4 rings (SSSR count). The number of nitrogens with zero attached hydrogens (tertiary/aromatic N) is 1. The summed E-state index contributed by atoms with van der Waals surface area (Å²) in [6.07, 6.45) is 1.23. The number of nitrogens with one attached hydrogen (secondary N) is 1. The summed E-state index contributed by atoms with van der Waals surface area (Å²) in [6, 6.07) is 15.0. The van der Waals surface area contributed by atoms with Gasteiger partial charge in [-0.15, -0.1) is 0 Å². The van der Waals surface area contributed by atoms with Crippen molar-refractivity contribution in [1.29, 1.82) is 0 Å². The van der Waals surface area contributed by atoms with Crippen molar-refractivity contribution in [3.63, 3.8) is 0 Å². The Labute approximate surface area is 175 Å². The van der Waals surface area contributed by atoms with E-state index in [0.717, 1.165) is 17.7 Å². The summed E-state index contributed by atoms with van der Waals surface area (Å²) in [4.78, 5) is 26.5. The number of rotatable bonds is 7. The van der Waals surface area contributed by atoms with Gasteiger partial charge in [0.25, 0.3) is 0 Å². The van der Waals surface area contributed by atoms with Gasteiger partial charge in [-0.05, 0) is 29.8 Å². The third-order valence-corrected chi connectivity index (χ3v) is 5.45. The van der Waals surface area contributed by atoms with Gasteiger partial charge < -0.3 is 24.4 Å². The zero-order valence-electron chi connectivity index (χ0n) is 17.0. The van der Waals surface area contributed by atoms with E-state index in [2.05, 4.69) is 5.32 Å². The smallest absolute Gasteiger partial charge is 0.243 e. The molecular formula is C23H26N2O5. The Morgan fingerprint density at radius 2 is 2.03 bits per heavy atom. The van der Waals surface area contributed by atoms with Crippen LogP contribution < -0.4 is 14.8 Å². The summed E-state index contributed by atoms with van der Waals surface area (Å²) in [5.41, 5.74) is 1.72. The molecule has 0 spiro atoms. The van der Waals surface area contributed by atoms with Crippen LogP contribution in [0.1, 0.15) is 24.3 Å². The fraction of sp³-hybridized carbons (Fsp3) is 0.391. The van der Waals surface area contributed by atoms with Gasteiger partial charge >= 0.3 is 0 Å². The number of benzene rings is 2. The van der Waals surface area contributed by atoms with E-state index in [4.69, 9.17) is 14.2 Å². The molecule has 7 heteroatoms. The maximum Gasteiger partial charge on any atom is 0.243 e. The highest BCUT2D eigenvalue weighted by Crippen LogP contribution is 2.36. The van der Waals surface area contributed by atoms with Crippen molar-refractivity contribution in [2.45, 2.75) is 24.9 Å². The molecule has 2 fully saturated rings. The van der Waals surface area contributed by atoms with E-state index in [0.29, 0.717) is 37.7 Å². The normalized spacial score (nSPS) is 21.0. The van der Waals surface area contributed by atoms with E-state index in [1.54, 1.807) is 12.0 Å². The van der Waals surface area contributed by atoms with Crippen molar-refractivity contribution < 1.29 is 23.8 Å². The highest BCUT2D eigenvalue weighted by molar-refractivity contribution is 5.95. The molecule has 0 aromatic heterocycles. The van der Waals surface area contributed by atoms with E-state index >= 15 is 0 Å². The Morgan fingerprint density at radius 3 is 2.77 bits per heavy atom. The molecule has 0 unspecified atom stereocenters. The van der Waals surface area contributed by atoms with Crippen molar-refractivity contribution in [3.8, 4) is 11.5 Å². The summed E-state index contributed by atoms with van der Waals surface area (Å²) in [5.74, 6) is 1.11. The molecule has 2 aromatic carbocycles. The van der Waals surface area contributed by atoms with E-state index in [9.17, 15) is 9.59 Å². The third-order valence-electron chi connectivity index (χ3n) is 5.45. The molecule has 0 saturated carbocycles. The first-order chi connectivity index (χ1) is 14.6. The van der Waals surface area contributed by atoms with Gasteiger partial charge in [0.2, 0.25) is 11.8 Å². The van der Waals surface area contributed by atoms with Crippen LogP contribution in [0.2, 0.25) is 0 Å². The number of ether oxygens (including phenoxy) is 3. The number of amides is 2. The van der Waals surface area contributed by atoms with Crippen LogP contribution in [0.25, 0.3) is 0 Å². The van der Waals surface area contributed by atoms with Gasteiger partial charge in [-0.2, -0.15) is 0 Å². The van der Waals surface area contributed by atoms with E-state index in [1.807, 2.05) is 48.5 Å². The molecule has 2 aromatic rings. The highest BCUT2D eigenvalue weighted by atomic mass is 16.6. The van der Waals surface area contributed by atoms with E-state index in [1.165, 1.54) is 0 Å². The molecule has 2 aliphatic heterocycles. The zero-order chi connectivity index (χ0) is 20.9. The first-order valence-electron chi connectivity index (χ1n) is 10.2. The standard InChI is InChI=1S/C23H26N2O5/c1-28-20-8-7-16(11-21(20)30-19-9-10-29-15-19)17-12-23(27)25(13-17)14-22(26)24-18-5-3-2-4-6-18/h2-8,11,17,19H,9-10,12-15H2,1H3,(H,24,26)/t17-,19-/m1/s1. The Kier molecular flexibility index (Phi) is 6.18. The van der Waals surface area contributed by atoms with Crippen LogP contribution >= 0.6 is 0 Å². The van der Waals surface area contributed by atoms with Crippen LogP contribution in [-0.4, -0.2) is 56.2 Å². The average Bonchev–Trinajstić information content (AvgIpc) is 3.39. The monoisotopic (exact) mass is 410 g/mol. The predicted octanol–water partition coefficient (Wildman–Crippen LogP) is 2.82. The van der Waals surface area contributed by atoms with Gasteiger partial charge in [-0.3, -0.25) is 9.59 Å². The number of anilines is 1. The molecule has 2 saturated heterocycles. The lowest BCUT2D eigenvalue weighted by molar-refractivity contribution is -0.131. The third kappa shape index (κ3) is 4.74. The molecule has 0 aliphatic carbocycles. The second-order valence-corrected chi connectivity index (χ2v) is 7.60. The minimum atomic E-state index is -0.199. The van der Waals surface area contributed by atoms with Gasteiger partial charge in [0.1, 0.15) is 6.10 Å². The molecular weight excluding hydrogens is 384 g/mol. The van der Waals surface area contributed by atoms with Gasteiger partial charge in [0.05, 0.1) is 26.9 Å². The Bertz CT molecular complexity index is 896. The van der Waals surface area contributed by atoms with Crippen molar-refractivity contribution in [2.24, 2.45) is 0 Å². The first-order valence-corrected chi connectivity index (χ1v) is 10.2. The second kappa shape index (κ2) is 9.17. The van der Waals surface area contributed by atoms with Crippen molar-refractivity contribution in [2.75, 3.05) is 38.7 Å². The lowest BCUT2D eigenvalue weighted by atomic mass is 9.98. The van der Waals surface area contributed by atoms with Crippen LogP contribution in [0.15, 0.2) is 48.5 Å². The van der Waals surface area contributed by atoms with Crippen LogP contribution in [-0.2, 0) is 14.3 Å². The minimum absolute atomic E-state index is 0.00936. The number of carbonyl (C=O) groups is 2. The minimum Gasteiger partial charge on any atom is -0.493 e. The molecule has 158 valence electrons. The van der Waals surface area contributed by atoms with Crippen molar-refractivity contribution >= 4 is 17.5 Å². The highest BCUT2D eigenvalue weighted by Gasteiger charge is 2.32. The second-order valence-electron chi connectivity index (χ2n) is 7.60. The summed E-state index contributed by atoms with van der Waals surface area (Å²) in [6.45, 7) is 1.81. The Morgan fingerprint density at radius 1 is 1.20 bits per heavy atom. The fourth-order valence-corrected chi connectivity index (χ4v) is 3.87. The maximum absolute atomic E-state index is 12.5. The lowest BCUT2D eigenvalue weighted by Crippen LogP contribution is -2.34. The molecule has 0 bridgehead atoms. The largest absolute Gasteiger partial charge is 0.493 e. The SMILES string of the molecule is COc1ccc([C@@H]2CC(=O)N(CC(=O)Nc3ccccc3)C2)cc1O[C@@H]1CCOC1. The average molecular weight is 410 g/mol. The van der Waals surface area contributed by atoms with Crippen LogP contribution in [0.4, 0.5) is 5.69 Å². The summed E-state index contributed by atoms with van der Waals surface area (Å²) in [5, 5.41) is 2.83. The van der Waals surface area contributed by atoms with Gasteiger partial charge in [-0.1, -0.05) is 24.3 Å². The first kappa shape index (κ1) is 20.2. The molecule has 0 radical (unpaired) electrons. The van der Waals surface area contributed by atoms with Gasteiger partial charge in [-0.25, -0.2) is 0 Å². The molecule has 1 N–H and O–H groups in total. The van der Waals surface area contributed by atoms with E-state index < -0.39 is 0 Å². The van der Waals surface area contributed by atoms with Crippen LogP contribution in [0.3, 0.4) is 0 Å². The molecule has 2 heterocycles. The topological polar surface area (TPSA) is 77.1 Å². The molecule has 30 heavy (non-hydrogen) atoms. The summed E-state index contributed by atoms with van der Waals surface area (Å²) < 4.78 is 16.9. The maximum atomic E-state index is 12.5. The number of methoxy groups -OCH3 is 1. The van der Waals surface area contributed by atoms with Crippen LogP contribution in [0, 0.1) is 0 Å². The number of carbonyl (C=O) groups excluding carboxylic acids is 2. The summed E-state index contributed by atoms with van der Waals surface area (Å²) in [7, 11) is 1.61. The molecule has 7 nitrogen and oxygen atoms in total. The fourth-order valence-electron chi connectivity index (χ4n) is 3.87. The lowest BCUT2D eigenvalue weighted by Gasteiger charge is -2.19. The predicted molar refractivity (Wildman–Crippen MR) is 112 cm³/mol. The molecule has 2 amide bonds. The van der Waals surface area contributed by atoms with Crippen molar-refractivity contribution in [1.82, 2.24) is 4.90 Å². The number of hydrogen-bond donors (Lipinski definition) is 1. The Balaban J connectivity index is 1.41. The quantitative estimate of drug-likeness (QED) is 0.760. The zero-order valence-corrected chi connectivity index (χ0v) is 17.0. The van der Waals surface area contributed by atoms with E-state index in [-0.39, 0.29) is 30.4 Å². The van der Waals surface area contributed by atoms with Gasteiger partial charge in [0, 0.05) is 31.0 Å². The van der Waals surface area contributed by atoms with Crippen molar-refractivity contribution in [3.05, 3.63) is 54.1 Å². The number of likely N-dealkylation sites (tertiary alicyclic amines) is 1. The summed E-state index contributed by atoms with van der Waals surface area (Å²) >= 11 is 0. The molecule has 2 atom stereocenters. The Hall–Kier alpha value is -3.06. The van der Waals surface area contributed by atoms with Crippen LogP contribution in [0.5, 0.6) is 11.5 Å². The van der Waals surface area contributed by atoms with Gasteiger partial charge in [0.15, 0.2) is 11.5 Å². The number of para-hydroxylation sites is 1. The molecule has 2 aliphatic rings.